The van der Waals surface area contributed by atoms with Gasteiger partial charge in [0.05, 0.1) is 12.1 Å². The van der Waals surface area contributed by atoms with E-state index in [0.717, 1.165) is 5.56 Å². The van der Waals surface area contributed by atoms with Gasteiger partial charge in [-0.2, -0.15) is 8.78 Å². The predicted molar refractivity (Wildman–Crippen MR) is 93.6 cm³/mol. The molecule has 8 heteroatoms. The summed E-state index contributed by atoms with van der Waals surface area (Å²) < 4.78 is 34.2. The molecule has 0 aliphatic rings. The van der Waals surface area contributed by atoms with E-state index in [4.69, 9.17) is 4.74 Å². The van der Waals surface area contributed by atoms with Crippen molar-refractivity contribution in [3.63, 3.8) is 0 Å². The molecule has 26 heavy (non-hydrogen) atoms. The number of pyridine rings is 1. The molecule has 2 amide bonds. The van der Waals surface area contributed by atoms with Gasteiger partial charge in [0.2, 0.25) is 5.88 Å². The van der Waals surface area contributed by atoms with Crippen LogP contribution >= 0.6 is 0 Å². The minimum absolute atomic E-state index is 0.0613. The molecule has 0 radical (unpaired) electrons. The molecule has 0 aliphatic carbocycles. The summed E-state index contributed by atoms with van der Waals surface area (Å²) in [5.74, 6) is 0.394. The Morgan fingerprint density at radius 1 is 1.08 bits per heavy atom. The number of amides is 2. The van der Waals surface area contributed by atoms with Gasteiger partial charge in [0.15, 0.2) is 0 Å². The molecule has 0 fully saturated rings. The highest BCUT2D eigenvalue weighted by atomic mass is 19.3. The van der Waals surface area contributed by atoms with Gasteiger partial charge in [0, 0.05) is 6.20 Å². The van der Waals surface area contributed by atoms with Gasteiger partial charge in [0.25, 0.3) is 0 Å². The number of carbonyl (C=O) groups is 1. The van der Waals surface area contributed by atoms with Crippen molar-refractivity contribution in [2.45, 2.75) is 39.5 Å². The van der Waals surface area contributed by atoms with Gasteiger partial charge < -0.3 is 20.1 Å². The van der Waals surface area contributed by atoms with Crippen LogP contribution in [0.2, 0.25) is 0 Å². The Hall–Kier alpha value is -2.90. The molecule has 1 aromatic heterocycles. The summed E-state index contributed by atoms with van der Waals surface area (Å²) in [4.78, 5) is 16.3. The molecular weight excluding hydrogens is 344 g/mol. The summed E-state index contributed by atoms with van der Waals surface area (Å²) in [6.45, 7) is 2.63. The standard InChI is InChI=1S/C18H21F2N3O3/c1-11(2)25-16-15(5-4-10-21-16)23-18(24)22-12(3)13-6-8-14(9-7-13)26-17(19)20/h4-12,17H,1-3H3,(H2,22,23,24). The first-order valence-electron chi connectivity index (χ1n) is 8.09. The van der Waals surface area contributed by atoms with E-state index < -0.39 is 12.6 Å². The van der Waals surface area contributed by atoms with Crippen molar-refractivity contribution in [2.75, 3.05) is 5.32 Å². The minimum atomic E-state index is -2.87. The number of rotatable bonds is 7. The highest BCUT2D eigenvalue weighted by Crippen LogP contribution is 2.22. The molecule has 1 unspecified atom stereocenters. The van der Waals surface area contributed by atoms with Crippen LogP contribution in [0.4, 0.5) is 19.3 Å². The number of hydrogen-bond donors (Lipinski definition) is 2. The van der Waals surface area contributed by atoms with Crippen molar-refractivity contribution in [2.24, 2.45) is 0 Å². The number of halogens is 2. The summed E-state index contributed by atoms with van der Waals surface area (Å²) >= 11 is 0. The highest BCUT2D eigenvalue weighted by molar-refractivity contribution is 5.90. The van der Waals surface area contributed by atoms with E-state index >= 15 is 0 Å². The summed E-state index contributed by atoms with van der Waals surface area (Å²) in [6, 6.07) is 8.66. The first-order valence-corrected chi connectivity index (χ1v) is 8.09. The highest BCUT2D eigenvalue weighted by Gasteiger charge is 2.13. The lowest BCUT2D eigenvalue weighted by Crippen LogP contribution is -2.31. The molecule has 2 N–H and O–H groups in total. The normalized spacial score (nSPS) is 12.0. The number of benzene rings is 1. The van der Waals surface area contributed by atoms with Crippen molar-refractivity contribution in [1.82, 2.24) is 10.3 Å². The number of hydrogen-bond acceptors (Lipinski definition) is 4. The van der Waals surface area contributed by atoms with Crippen LogP contribution in [-0.2, 0) is 0 Å². The number of urea groups is 1. The fourth-order valence-corrected chi connectivity index (χ4v) is 2.18. The zero-order chi connectivity index (χ0) is 19.1. The maximum Gasteiger partial charge on any atom is 0.387 e. The van der Waals surface area contributed by atoms with Crippen LogP contribution in [0, 0.1) is 0 Å². The lowest BCUT2D eigenvalue weighted by atomic mass is 10.1. The summed E-state index contributed by atoms with van der Waals surface area (Å²) in [7, 11) is 0. The molecule has 0 bridgehead atoms. The van der Waals surface area contributed by atoms with Crippen molar-refractivity contribution >= 4 is 11.7 Å². The second kappa shape index (κ2) is 8.98. The van der Waals surface area contributed by atoms with Gasteiger partial charge in [-0.1, -0.05) is 12.1 Å². The van der Waals surface area contributed by atoms with E-state index in [1.54, 1.807) is 37.4 Å². The molecule has 140 valence electrons. The predicted octanol–water partition coefficient (Wildman–Crippen LogP) is 4.35. The average molecular weight is 365 g/mol. The molecule has 0 spiro atoms. The van der Waals surface area contributed by atoms with Gasteiger partial charge in [-0.3, -0.25) is 0 Å². The number of carbonyl (C=O) groups excluding carboxylic acids is 1. The zero-order valence-corrected chi connectivity index (χ0v) is 14.7. The van der Waals surface area contributed by atoms with E-state index in [0.29, 0.717) is 11.6 Å². The first-order chi connectivity index (χ1) is 12.3. The minimum Gasteiger partial charge on any atom is -0.473 e. The second-order valence-electron chi connectivity index (χ2n) is 5.79. The Balaban J connectivity index is 1.97. The van der Waals surface area contributed by atoms with Gasteiger partial charge in [-0.15, -0.1) is 0 Å². The molecule has 1 atom stereocenters. The zero-order valence-electron chi connectivity index (χ0n) is 14.7. The van der Waals surface area contributed by atoms with Crippen LogP contribution in [-0.4, -0.2) is 23.7 Å². The van der Waals surface area contributed by atoms with Crippen molar-refractivity contribution in [3.8, 4) is 11.6 Å². The number of anilines is 1. The third-order valence-corrected chi connectivity index (χ3v) is 3.32. The average Bonchev–Trinajstić information content (AvgIpc) is 2.56. The van der Waals surface area contributed by atoms with E-state index in [-0.39, 0.29) is 17.9 Å². The number of nitrogens with one attached hydrogen (secondary N) is 2. The van der Waals surface area contributed by atoms with E-state index in [2.05, 4.69) is 20.4 Å². The molecule has 1 aromatic carbocycles. The van der Waals surface area contributed by atoms with Crippen LogP contribution < -0.4 is 20.1 Å². The summed E-state index contributed by atoms with van der Waals surface area (Å²) in [5, 5.41) is 5.46. The number of alkyl halides is 2. The van der Waals surface area contributed by atoms with Crippen LogP contribution in [0.1, 0.15) is 32.4 Å². The van der Waals surface area contributed by atoms with Crippen molar-refractivity contribution in [3.05, 3.63) is 48.2 Å². The quantitative estimate of drug-likeness (QED) is 0.765. The lowest BCUT2D eigenvalue weighted by molar-refractivity contribution is -0.0498. The van der Waals surface area contributed by atoms with Crippen molar-refractivity contribution < 1.29 is 23.0 Å². The Morgan fingerprint density at radius 2 is 1.77 bits per heavy atom. The summed E-state index contributed by atoms with van der Waals surface area (Å²) in [6.07, 6.45) is 1.49. The number of nitrogens with zero attached hydrogens (tertiary/aromatic N) is 1. The van der Waals surface area contributed by atoms with E-state index in [1.807, 2.05) is 13.8 Å². The van der Waals surface area contributed by atoms with E-state index in [9.17, 15) is 13.6 Å². The fraction of sp³-hybridized carbons (Fsp3) is 0.333. The van der Waals surface area contributed by atoms with Gasteiger partial charge in [0.1, 0.15) is 11.4 Å². The van der Waals surface area contributed by atoms with E-state index in [1.165, 1.54) is 12.1 Å². The summed E-state index contributed by atoms with van der Waals surface area (Å²) in [5.41, 5.74) is 1.19. The number of aromatic nitrogens is 1. The van der Waals surface area contributed by atoms with Gasteiger partial charge >= 0.3 is 12.6 Å². The smallest absolute Gasteiger partial charge is 0.387 e. The Kier molecular flexibility index (Phi) is 6.71. The first kappa shape index (κ1) is 19.4. The molecular formula is C18H21F2N3O3. The SMILES string of the molecule is CC(C)Oc1ncccc1NC(=O)NC(C)c1ccc(OC(F)F)cc1. The van der Waals surface area contributed by atoms with Crippen molar-refractivity contribution in [1.29, 1.82) is 0 Å². The van der Waals surface area contributed by atoms with Gasteiger partial charge in [-0.05, 0) is 50.6 Å². The molecule has 2 rings (SSSR count). The maximum atomic E-state index is 12.2. The third kappa shape index (κ3) is 5.87. The molecule has 0 saturated carbocycles. The van der Waals surface area contributed by atoms with Gasteiger partial charge in [-0.25, -0.2) is 9.78 Å². The van der Waals surface area contributed by atoms with Crippen LogP contribution in [0.15, 0.2) is 42.6 Å². The largest absolute Gasteiger partial charge is 0.473 e. The molecule has 2 aromatic rings. The monoisotopic (exact) mass is 365 g/mol. The fourth-order valence-electron chi connectivity index (χ4n) is 2.18. The Bertz CT molecular complexity index is 724. The maximum absolute atomic E-state index is 12.2. The second-order valence-corrected chi connectivity index (χ2v) is 5.79. The Labute approximate surface area is 150 Å². The van der Waals surface area contributed by atoms with Crippen LogP contribution in [0.25, 0.3) is 0 Å². The number of ether oxygens (including phenoxy) is 2. The molecule has 0 saturated heterocycles. The molecule has 0 aliphatic heterocycles. The Morgan fingerprint density at radius 3 is 2.38 bits per heavy atom. The molecule has 1 heterocycles. The van der Waals surface area contributed by atoms with Crippen LogP contribution in [0.5, 0.6) is 11.6 Å². The third-order valence-electron chi connectivity index (χ3n) is 3.32. The topological polar surface area (TPSA) is 72.5 Å². The van der Waals surface area contributed by atoms with Crippen LogP contribution in [0.3, 0.4) is 0 Å². The molecule has 6 nitrogen and oxygen atoms in total. The lowest BCUT2D eigenvalue weighted by Gasteiger charge is -2.17.